The Kier molecular flexibility index (Phi) is 4.56. The van der Waals surface area contributed by atoms with E-state index in [1.165, 1.54) is 9.40 Å². The second-order valence-electron chi connectivity index (χ2n) is 7.75. The number of phenols is 2. The minimum atomic E-state index is -0.174. The van der Waals surface area contributed by atoms with Crippen LogP contribution in [0.25, 0.3) is 37.0 Å². The molecule has 6 rings (SSSR count). The third kappa shape index (κ3) is 3.49. The number of imidazole rings is 1. The Balaban J connectivity index is 1.55. The third-order valence-electron chi connectivity index (χ3n) is 5.55. The molecule has 3 N–H and O–H groups in total. The molecule has 33 heavy (non-hydrogen) atoms. The molecule has 0 fully saturated rings. The van der Waals surface area contributed by atoms with E-state index in [0.29, 0.717) is 17.9 Å². The molecule has 0 atom stereocenters. The molecule has 0 radical (unpaired) electrons. The topological polar surface area (TPSA) is 91.1 Å². The molecule has 0 spiro atoms. The van der Waals surface area contributed by atoms with Crippen LogP contribution in [0.2, 0.25) is 0 Å². The number of nitrogens with zero attached hydrogens (tertiary/aromatic N) is 2. The average molecular weight is 472 g/mol. The minimum Gasteiger partial charge on any atom is -0.508 e. The van der Waals surface area contributed by atoms with Crippen molar-refractivity contribution in [1.82, 2.24) is 14.5 Å². The SMILES string of the molecule is O=c1c(Cc2ccc(O)cc2)nc2c(-c3cc4sccc4s3)[nH]c(-c3ccc(O)cc3)cn1-2. The van der Waals surface area contributed by atoms with Gasteiger partial charge < -0.3 is 15.2 Å². The van der Waals surface area contributed by atoms with E-state index in [1.807, 2.05) is 12.1 Å². The lowest BCUT2D eigenvalue weighted by molar-refractivity contribution is 0.474. The molecule has 0 saturated heterocycles. The molecule has 2 aliphatic heterocycles. The zero-order valence-corrected chi connectivity index (χ0v) is 18.8. The van der Waals surface area contributed by atoms with E-state index in [0.717, 1.165) is 27.4 Å². The molecule has 4 aromatic rings. The quantitative estimate of drug-likeness (QED) is 0.312. The molecule has 0 unspecified atom stereocenters. The maximum absolute atomic E-state index is 13.3. The Labute approximate surface area is 196 Å². The largest absolute Gasteiger partial charge is 0.508 e. The van der Waals surface area contributed by atoms with Crippen molar-refractivity contribution >= 4 is 32.1 Å². The van der Waals surface area contributed by atoms with Gasteiger partial charge in [-0.25, -0.2) is 4.98 Å². The van der Waals surface area contributed by atoms with E-state index >= 15 is 0 Å². The van der Waals surface area contributed by atoms with E-state index in [-0.39, 0.29) is 17.1 Å². The van der Waals surface area contributed by atoms with Gasteiger partial charge in [-0.05, 0) is 65.0 Å². The van der Waals surface area contributed by atoms with Crippen LogP contribution in [0.1, 0.15) is 11.3 Å². The second-order valence-corrected chi connectivity index (χ2v) is 9.78. The summed E-state index contributed by atoms with van der Waals surface area (Å²) in [5.74, 6) is 0.941. The van der Waals surface area contributed by atoms with Crippen molar-refractivity contribution in [2.75, 3.05) is 0 Å². The molecule has 2 aromatic heterocycles. The van der Waals surface area contributed by atoms with Gasteiger partial charge in [0.2, 0.25) is 0 Å². The Morgan fingerprint density at radius 2 is 1.67 bits per heavy atom. The van der Waals surface area contributed by atoms with Gasteiger partial charge in [-0.1, -0.05) is 12.1 Å². The van der Waals surface area contributed by atoms with Crippen molar-refractivity contribution in [2.24, 2.45) is 0 Å². The highest BCUT2D eigenvalue weighted by molar-refractivity contribution is 7.28. The van der Waals surface area contributed by atoms with Crippen molar-refractivity contribution in [1.29, 1.82) is 0 Å². The third-order valence-corrected chi connectivity index (χ3v) is 7.66. The zero-order valence-electron chi connectivity index (χ0n) is 17.1. The predicted octanol–water partition coefficient (Wildman–Crippen LogP) is 5.61. The number of nitrogens with one attached hydrogen (secondary N) is 1. The number of aromatic nitrogens is 3. The van der Waals surface area contributed by atoms with Crippen LogP contribution in [-0.2, 0) is 6.42 Å². The van der Waals surface area contributed by atoms with E-state index in [2.05, 4.69) is 22.5 Å². The van der Waals surface area contributed by atoms with E-state index in [9.17, 15) is 15.0 Å². The van der Waals surface area contributed by atoms with Crippen molar-refractivity contribution in [3.05, 3.63) is 93.9 Å². The molecule has 6 nitrogen and oxygen atoms in total. The number of benzene rings is 2. The van der Waals surface area contributed by atoms with Crippen LogP contribution in [0.15, 0.2) is 77.0 Å². The summed E-state index contributed by atoms with van der Waals surface area (Å²) in [6.07, 6.45) is 2.13. The first-order chi connectivity index (χ1) is 16.0. The summed E-state index contributed by atoms with van der Waals surface area (Å²) in [6, 6.07) is 17.9. The number of aromatic hydroxyl groups is 2. The number of rotatable bonds is 4. The highest BCUT2D eigenvalue weighted by Crippen LogP contribution is 2.38. The molecule has 0 saturated carbocycles. The van der Waals surface area contributed by atoms with E-state index in [1.54, 1.807) is 69.8 Å². The number of fused-ring (bicyclic) bond motifs is 2. The first-order valence-corrected chi connectivity index (χ1v) is 11.9. The van der Waals surface area contributed by atoms with Gasteiger partial charge in [-0.3, -0.25) is 9.36 Å². The summed E-state index contributed by atoms with van der Waals surface area (Å²) in [5.41, 5.74) is 3.54. The zero-order chi connectivity index (χ0) is 22.5. The highest BCUT2D eigenvalue weighted by atomic mass is 32.1. The molecular formula is C25H17N3O3S2. The fourth-order valence-corrected chi connectivity index (χ4v) is 5.99. The van der Waals surface area contributed by atoms with Crippen LogP contribution >= 0.6 is 22.7 Å². The van der Waals surface area contributed by atoms with Gasteiger partial charge in [0.25, 0.3) is 5.56 Å². The van der Waals surface area contributed by atoms with Gasteiger partial charge >= 0.3 is 0 Å². The summed E-state index contributed by atoms with van der Waals surface area (Å²) in [4.78, 5) is 22.6. The predicted molar refractivity (Wildman–Crippen MR) is 132 cm³/mol. The van der Waals surface area contributed by atoms with E-state index in [4.69, 9.17) is 4.98 Å². The maximum Gasteiger partial charge on any atom is 0.278 e. The molecule has 4 heterocycles. The number of hydrogen-bond acceptors (Lipinski definition) is 6. The van der Waals surface area contributed by atoms with Crippen LogP contribution in [0.4, 0.5) is 0 Å². The molecule has 0 amide bonds. The number of aromatic amines is 1. The molecule has 0 bridgehead atoms. The molecule has 0 aliphatic carbocycles. The first-order valence-electron chi connectivity index (χ1n) is 10.2. The molecule has 8 heteroatoms. The van der Waals surface area contributed by atoms with Crippen molar-refractivity contribution in [3.8, 4) is 39.1 Å². The van der Waals surface area contributed by atoms with Crippen LogP contribution in [0, 0.1) is 0 Å². The number of thiophene rings is 2. The van der Waals surface area contributed by atoms with Gasteiger partial charge in [0.1, 0.15) is 22.9 Å². The molecule has 2 aromatic carbocycles. The fourth-order valence-electron chi connectivity index (χ4n) is 3.88. The first kappa shape index (κ1) is 19.8. The van der Waals surface area contributed by atoms with E-state index < -0.39 is 0 Å². The summed E-state index contributed by atoms with van der Waals surface area (Å²) in [6.45, 7) is 0. The summed E-state index contributed by atoms with van der Waals surface area (Å²) < 4.78 is 3.97. The lowest BCUT2D eigenvalue weighted by Gasteiger charge is -2.12. The number of phenolic OH excluding ortho intramolecular Hbond substituents is 2. The van der Waals surface area contributed by atoms with Gasteiger partial charge in [-0.15, -0.1) is 22.7 Å². The highest BCUT2D eigenvalue weighted by Gasteiger charge is 2.22. The van der Waals surface area contributed by atoms with Crippen molar-refractivity contribution < 1.29 is 10.2 Å². The number of hydrogen-bond donors (Lipinski definition) is 3. The smallest absolute Gasteiger partial charge is 0.278 e. The van der Waals surface area contributed by atoms with Gasteiger partial charge in [0.15, 0.2) is 5.82 Å². The van der Waals surface area contributed by atoms with Crippen LogP contribution in [-0.4, -0.2) is 24.7 Å². The maximum atomic E-state index is 13.3. The van der Waals surface area contributed by atoms with Gasteiger partial charge in [0.05, 0.1) is 10.6 Å². The Morgan fingerprint density at radius 1 is 0.939 bits per heavy atom. The molecule has 2 aliphatic rings. The second kappa shape index (κ2) is 7.61. The molecule has 162 valence electrons. The lowest BCUT2D eigenvalue weighted by Crippen LogP contribution is -2.16. The summed E-state index contributed by atoms with van der Waals surface area (Å²) >= 11 is 3.34. The lowest BCUT2D eigenvalue weighted by atomic mass is 10.1. The molecular weight excluding hydrogens is 454 g/mol. The summed E-state index contributed by atoms with van der Waals surface area (Å²) in [7, 11) is 0. The Hall–Kier alpha value is -3.88. The monoisotopic (exact) mass is 471 g/mol. The standard InChI is InChI=1S/C25H17N3O3S2/c29-16-5-1-14(2-6-16)11-18-25(31)28-13-19(15-3-7-17(30)8-4-15)26-23(24(28)27-18)22-12-21-20(33-22)9-10-32-21/h1-10,12-13,26,29-30H,11H2. The fraction of sp³-hybridized carbons (Fsp3) is 0.0400. The number of H-pyrrole nitrogens is 1. The average Bonchev–Trinajstić information content (AvgIpc) is 3.50. The van der Waals surface area contributed by atoms with Crippen molar-refractivity contribution in [2.45, 2.75) is 6.42 Å². The summed E-state index contributed by atoms with van der Waals surface area (Å²) in [5, 5.41) is 21.3. The van der Waals surface area contributed by atoms with Crippen LogP contribution in [0.5, 0.6) is 11.5 Å². The van der Waals surface area contributed by atoms with Crippen LogP contribution < -0.4 is 5.56 Å². The van der Waals surface area contributed by atoms with Gasteiger partial charge in [0, 0.05) is 22.0 Å². The minimum absolute atomic E-state index is 0.174. The Bertz CT molecular complexity index is 1590. The Morgan fingerprint density at radius 3 is 2.39 bits per heavy atom. The van der Waals surface area contributed by atoms with Gasteiger partial charge in [-0.2, -0.15) is 0 Å². The van der Waals surface area contributed by atoms with Crippen molar-refractivity contribution in [3.63, 3.8) is 0 Å². The normalized spacial score (nSPS) is 11.5. The van der Waals surface area contributed by atoms with Crippen LogP contribution in [0.3, 0.4) is 0 Å².